The molecule has 3 nitrogen and oxygen atoms in total. The van der Waals surface area contributed by atoms with Gasteiger partial charge in [-0.15, -0.1) is 11.3 Å². The molecular formula is C14H18N2OS. The maximum atomic E-state index is 12.6. The van der Waals surface area contributed by atoms with Gasteiger partial charge in [-0.3, -0.25) is 4.79 Å². The van der Waals surface area contributed by atoms with Crippen molar-refractivity contribution in [1.29, 1.82) is 5.26 Å². The molecule has 1 heterocycles. The number of nitriles is 1. The zero-order chi connectivity index (χ0) is 13.4. The molecule has 1 saturated carbocycles. The van der Waals surface area contributed by atoms with Gasteiger partial charge in [-0.25, -0.2) is 4.98 Å². The van der Waals surface area contributed by atoms with E-state index in [0.717, 1.165) is 23.5 Å². The molecule has 1 unspecified atom stereocenters. The quantitative estimate of drug-likeness (QED) is 0.821. The number of Topliss-reactive ketones (excluding diaryl/α,β-unsaturated/α-hetero) is 1. The van der Waals surface area contributed by atoms with Crippen molar-refractivity contribution in [3.63, 3.8) is 0 Å². The van der Waals surface area contributed by atoms with Crippen molar-refractivity contribution in [2.24, 2.45) is 10.8 Å². The first kappa shape index (κ1) is 13.2. The van der Waals surface area contributed by atoms with Crippen molar-refractivity contribution in [1.82, 2.24) is 4.98 Å². The molecule has 1 aliphatic rings. The van der Waals surface area contributed by atoms with Crippen LogP contribution in [0.1, 0.15) is 43.8 Å². The fourth-order valence-corrected chi connectivity index (χ4v) is 3.43. The van der Waals surface area contributed by atoms with Crippen molar-refractivity contribution < 1.29 is 4.79 Å². The number of nitrogens with zero attached hydrogens (tertiary/aromatic N) is 2. The Hall–Kier alpha value is -1.21. The number of hydrogen-bond donors (Lipinski definition) is 0. The van der Waals surface area contributed by atoms with Gasteiger partial charge < -0.3 is 0 Å². The van der Waals surface area contributed by atoms with Gasteiger partial charge in [0.2, 0.25) is 0 Å². The van der Waals surface area contributed by atoms with Crippen LogP contribution >= 0.6 is 11.3 Å². The summed E-state index contributed by atoms with van der Waals surface area (Å²) in [7, 11) is 0. The molecule has 96 valence electrons. The van der Waals surface area contributed by atoms with E-state index in [9.17, 15) is 10.1 Å². The van der Waals surface area contributed by atoms with E-state index < -0.39 is 5.41 Å². The van der Waals surface area contributed by atoms with Crippen LogP contribution < -0.4 is 0 Å². The molecule has 2 rings (SSSR count). The highest BCUT2D eigenvalue weighted by Crippen LogP contribution is 2.44. The van der Waals surface area contributed by atoms with E-state index in [1.54, 1.807) is 11.3 Å². The topological polar surface area (TPSA) is 53.8 Å². The van der Waals surface area contributed by atoms with Gasteiger partial charge in [0.05, 0.1) is 16.8 Å². The highest BCUT2D eigenvalue weighted by atomic mass is 32.1. The van der Waals surface area contributed by atoms with Gasteiger partial charge in [0, 0.05) is 17.2 Å². The average molecular weight is 262 g/mol. The van der Waals surface area contributed by atoms with Gasteiger partial charge in [0.15, 0.2) is 5.78 Å². The van der Waals surface area contributed by atoms with E-state index in [4.69, 9.17) is 0 Å². The third-order valence-electron chi connectivity index (χ3n) is 3.82. The molecule has 18 heavy (non-hydrogen) atoms. The Bertz CT molecular complexity index is 512. The standard InChI is InChI=1S/C14H18N2OS/c1-10-16-11(8-18-10)7-14(9-15)6-4-5-13(2,3)12(14)17/h8H,4-7H2,1-3H3. The summed E-state index contributed by atoms with van der Waals surface area (Å²) in [5.41, 5.74) is -0.355. The molecule has 0 radical (unpaired) electrons. The number of carbonyl (C=O) groups is 1. The molecule has 0 saturated heterocycles. The third-order valence-corrected chi connectivity index (χ3v) is 4.64. The highest BCUT2D eigenvalue weighted by Gasteiger charge is 2.49. The molecule has 0 aliphatic heterocycles. The highest BCUT2D eigenvalue weighted by molar-refractivity contribution is 7.09. The smallest absolute Gasteiger partial charge is 0.159 e. The summed E-state index contributed by atoms with van der Waals surface area (Å²) >= 11 is 1.57. The molecule has 0 N–H and O–H groups in total. The summed E-state index contributed by atoms with van der Waals surface area (Å²) in [5.74, 6) is 0.0920. The van der Waals surface area contributed by atoms with Crippen LogP contribution in [0.2, 0.25) is 0 Å². The second kappa shape index (κ2) is 4.47. The zero-order valence-electron chi connectivity index (χ0n) is 11.1. The Morgan fingerprint density at radius 2 is 2.22 bits per heavy atom. The molecule has 1 fully saturated rings. The summed E-state index contributed by atoms with van der Waals surface area (Å²) < 4.78 is 0. The third kappa shape index (κ3) is 2.20. The predicted molar refractivity (Wildman–Crippen MR) is 71.2 cm³/mol. The number of aryl methyl sites for hydroxylation is 1. The Balaban J connectivity index is 2.31. The van der Waals surface area contributed by atoms with Crippen molar-refractivity contribution in [3.05, 3.63) is 16.1 Å². The molecule has 1 aromatic rings. The lowest BCUT2D eigenvalue weighted by Crippen LogP contribution is -2.45. The number of thiazole rings is 1. The normalized spacial score (nSPS) is 26.9. The molecule has 4 heteroatoms. The molecule has 1 atom stereocenters. The minimum Gasteiger partial charge on any atom is -0.297 e. The van der Waals surface area contributed by atoms with Crippen LogP contribution in [-0.2, 0) is 11.2 Å². The number of hydrogen-bond acceptors (Lipinski definition) is 4. The molecule has 0 bridgehead atoms. The lowest BCUT2D eigenvalue weighted by atomic mass is 9.61. The largest absolute Gasteiger partial charge is 0.297 e. The first-order valence-corrected chi connectivity index (χ1v) is 7.15. The van der Waals surface area contributed by atoms with Gasteiger partial charge >= 0.3 is 0 Å². The monoisotopic (exact) mass is 262 g/mol. The van der Waals surface area contributed by atoms with Gasteiger partial charge in [-0.2, -0.15) is 5.26 Å². The van der Waals surface area contributed by atoms with Gasteiger partial charge in [0.1, 0.15) is 5.41 Å². The van der Waals surface area contributed by atoms with Crippen LogP contribution in [0.4, 0.5) is 0 Å². The summed E-state index contributed by atoms with van der Waals surface area (Å²) in [5, 5.41) is 12.5. The second-order valence-corrected chi connectivity index (χ2v) is 6.86. The van der Waals surface area contributed by atoms with Crippen molar-refractivity contribution >= 4 is 17.1 Å². The van der Waals surface area contributed by atoms with Gasteiger partial charge in [-0.1, -0.05) is 20.3 Å². The van der Waals surface area contributed by atoms with E-state index in [0.29, 0.717) is 12.8 Å². The Kier molecular flexibility index (Phi) is 3.29. The van der Waals surface area contributed by atoms with Crippen molar-refractivity contribution in [3.8, 4) is 6.07 Å². The summed E-state index contributed by atoms with van der Waals surface area (Å²) in [4.78, 5) is 17.0. The average Bonchev–Trinajstić information content (AvgIpc) is 2.71. The maximum Gasteiger partial charge on any atom is 0.159 e. The molecular weight excluding hydrogens is 244 g/mol. The second-order valence-electron chi connectivity index (χ2n) is 5.80. The lowest BCUT2D eigenvalue weighted by Gasteiger charge is -2.38. The van der Waals surface area contributed by atoms with Crippen molar-refractivity contribution in [2.45, 2.75) is 46.5 Å². The lowest BCUT2D eigenvalue weighted by molar-refractivity contribution is -0.138. The number of carbonyl (C=O) groups excluding carboxylic acids is 1. The Morgan fingerprint density at radius 3 is 2.78 bits per heavy atom. The van der Waals surface area contributed by atoms with Gasteiger partial charge in [0.25, 0.3) is 0 Å². The first-order valence-electron chi connectivity index (χ1n) is 6.27. The summed E-state index contributed by atoms with van der Waals surface area (Å²) in [6.07, 6.45) is 2.96. The van der Waals surface area contributed by atoms with Crippen LogP contribution in [0.5, 0.6) is 0 Å². The maximum absolute atomic E-state index is 12.6. The van der Waals surface area contributed by atoms with Crippen LogP contribution in [0, 0.1) is 29.1 Å². The molecule has 0 aromatic carbocycles. The predicted octanol–water partition coefficient (Wildman–Crippen LogP) is 3.28. The number of rotatable bonds is 2. The van der Waals surface area contributed by atoms with Crippen LogP contribution in [-0.4, -0.2) is 10.8 Å². The van der Waals surface area contributed by atoms with Gasteiger partial charge in [-0.05, 0) is 19.8 Å². The first-order chi connectivity index (χ1) is 8.39. The minimum atomic E-state index is -0.859. The molecule has 0 spiro atoms. The Labute approximate surface area is 112 Å². The van der Waals surface area contributed by atoms with E-state index in [2.05, 4.69) is 11.1 Å². The van der Waals surface area contributed by atoms with Crippen molar-refractivity contribution in [2.75, 3.05) is 0 Å². The Morgan fingerprint density at radius 1 is 1.50 bits per heavy atom. The van der Waals surface area contributed by atoms with E-state index in [1.165, 1.54) is 0 Å². The SMILES string of the molecule is Cc1nc(CC2(C#N)CCCC(C)(C)C2=O)cs1. The van der Waals surface area contributed by atoms with E-state index in [-0.39, 0.29) is 11.2 Å². The van der Waals surface area contributed by atoms with E-state index in [1.807, 2.05) is 26.2 Å². The summed E-state index contributed by atoms with van der Waals surface area (Å²) in [6.45, 7) is 5.85. The fraction of sp³-hybridized carbons (Fsp3) is 0.643. The molecule has 0 amide bonds. The van der Waals surface area contributed by atoms with Crippen LogP contribution in [0.25, 0.3) is 0 Å². The fourth-order valence-electron chi connectivity index (χ4n) is 2.82. The van der Waals surface area contributed by atoms with Crippen LogP contribution in [0.3, 0.4) is 0 Å². The number of ketones is 1. The summed E-state index contributed by atoms with van der Waals surface area (Å²) in [6, 6.07) is 2.30. The molecule has 1 aromatic heterocycles. The minimum absolute atomic E-state index is 0.0920. The number of aromatic nitrogens is 1. The van der Waals surface area contributed by atoms with E-state index >= 15 is 0 Å². The zero-order valence-corrected chi connectivity index (χ0v) is 11.9. The molecule has 1 aliphatic carbocycles. The van der Waals surface area contributed by atoms with Crippen LogP contribution in [0.15, 0.2) is 5.38 Å².